The van der Waals surface area contributed by atoms with Crippen molar-refractivity contribution in [2.24, 2.45) is 0 Å². The van der Waals surface area contributed by atoms with Crippen LogP contribution in [-0.4, -0.2) is 37.6 Å². The summed E-state index contributed by atoms with van der Waals surface area (Å²) in [6.45, 7) is 7.53. The Morgan fingerprint density at radius 3 is 1.45 bits per heavy atom. The summed E-state index contributed by atoms with van der Waals surface area (Å²) in [5.74, 6) is -1.51. The monoisotopic (exact) mass is 347 g/mol. The highest BCUT2D eigenvalue weighted by Gasteiger charge is 2.42. The zero-order valence-corrected chi connectivity index (χ0v) is 14.9. The normalized spacial score (nSPS) is 16.5. The predicted molar refractivity (Wildman–Crippen MR) is 76.9 cm³/mol. The van der Waals surface area contributed by atoms with E-state index in [9.17, 15) is 13.7 Å². The fourth-order valence-corrected chi connectivity index (χ4v) is 3.95. The van der Waals surface area contributed by atoms with Crippen LogP contribution >= 0.6 is 23.9 Å². The van der Waals surface area contributed by atoms with Gasteiger partial charge in [0.1, 0.15) is 0 Å². The van der Waals surface area contributed by atoms with Crippen LogP contribution in [0.5, 0.6) is 0 Å². The first-order chi connectivity index (χ1) is 9.42. The quantitative estimate of drug-likeness (QED) is 0.493. The van der Waals surface area contributed by atoms with Gasteiger partial charge in [-0.3, -0.25) is 0 Å². The zero-order valence-electron chi connectivity index (χ0n) is 12.2. The van der Waals surface area contributed by atoms with E-state index >= 15 is 0 Å². The lowest BCUT2D eigenvalue weighted by atomic mass is 10.9. The van der Waals surface area contributed by atoms with Gasteiger partial charge >= 0.3 is 35.5 Å². The van der Waals surface area contributed by atoms with Gasteiger partial charge in [-0.05, 0) is 13.8 Å². The van der Waals surface area contributed by atoms with Gasteiger partial charge in [-0.25, -0.2) is 0 Å². The summed E-state index contributed by atoms with van der Waals surface area (Å²) in [5, 5.41) is 0. The molecule has 20 heavy (non-hydrogen) atoms. The van der Waals surface area contributed by atoms with E-state index in [1.807, 2.05) is 0 Å². The van der Waals surface area contributed by atoms with Crippen molar-refractivity contribution in [2.75, 3.05) is 25.9 Å². The Morgan fingerprint density at radius 1 is 0.800 bits per heavy atom. The second-order valence-electron chi connectivity index (χ2n) is 3.71. The second-order valence-corrected chi connectivity index (χ2v) is 8.22. The topological polar surface area (TPSA) is 88.1 Å². The van der Waals surface area contributed by atoms with Crippen LogP contribution in [0.15, 0.2) is 0 Å². The molecule has 0 saturated heterocycles. The maximum Gasteiger partial charge on any atom is 0.706 e. The summed E-state index contributed by atoms with van der Waals surface area (Å²) < 4.78 is 54.8. The molecule has 10 heteroatoms. The fraction of sp³-hybridized carbons (Fsp3) is 1.00. The molecule has 4 unspecified atom stereocenters. The van der Waals surface area contributed by atoms with Crippen LogP contribution in [0.4, 0.5) is 0 Å². The van der Waals surface area contributed by atoms with Crippen molar-refractivity contribution >= 4 is 23.9 Å². The van der Waals surface area contributed by atoms with Crippen molar-refractivity contribution < 1.29 is 32.2 Å². The highest BCUT2D eigenvalue weighted by Crippen LogP contribution is 2.41. The lowest BCUT2D eigenvalue weighted by Gasteiger charge is -1.96. The number of ether oxygens (including phenoxy) is 2. The van der Waals surface area contributed by atoms with Gasteiger partial charge in [0, 0.05) is 31.6 Å². The van der Waals surface area contributed by atoms with Gasteiger partial charge in [-0.15, -0.1) is 0 Å². The van der Waals surface area contributed by atoms with Crippen LogP contribution in [0.1, 0.15) is 27.7 Å². The molecule has 0 heterocycles. The molecule has 0 aliphatic carbocycles. The highest BCUT2D eigenvalue weighted by molar-refractivity contribution is 7.47. The molecule has 0 aromatic carbocycles. The van der Waals surface area contributed by atoms with E-state index in [4.69, 9.17) is 18.5 Å². The van der Waals surface area contributed by atoms with E-state index in [0.717, 1.165) is 0 Å². The molecular formula is C10H22O7P3+3. The van der Waals surface area contributed by atoms with Gasteiger partial charge in [0.05, 0.1) is 0 Å². The van der Waals surface area contributed by atoms with E-state index < -0.39 is 35.5 Å². The minimum atomic E-state index is -2.48. The SMILES string of the molecule is CCOC[P+](=O)C(C)O[P+](=O)OC(C)[P+](=O)COCC. The van der Waals surface area contributed by atoms with Gasteiger partial charge in [0.2, 0.25) is 12.7 Å². The van der Waals surface area contributed by atoms with E-state index in [1.165, 1.54) is 13.8 Å². The van der Waals surface area contributed by atoms with E-state index in [0.29, 0.717) is 13.2 Å². The molecule has 0 fully saturated rings. The molecule has 0 bridgehead atoms. The standard InChI is InChI=1S/C10H22O7P3/c1-5-14-7-18(11)9(3)16-20(13)17-10(4)19(12)8-15-6-2/h9-10H,5-8H2,1-4H3/q+3. The molecule has 7 nitrogen and oxygen atoms in total. The highest BCUT2D eigenvalue weighted by atomic mass is 31.1. The average Bonchev–Trinajstić information content (AvgIpc) is 2.41. The molecule has 0 spiro atoms. The number of rotatable bonds is 12. The molecule has 0 saturated carbocycles. The summed E-state index contributed by atoms with van der Waals surface area (Å²) in [6, 6.07) is 0. The Hall–Kier alpha value is 0.140. The van der Waals surface area contributed by atoms with Crippen LogP contribution in [0.25, 0.3) is 0 Å². The van der Waals surface area contributed by atoms with E-state index in [1.54, 1.807) is 13.8 Å². The maximum atomic E-state index is 11.6. The van der Waals surface area contributed by atoms with Crippen molar-refractivity contribution in [1.29, 1.82) is 0 Å². The van der Waals surface area contributed by atoms with Crippen LogP contribution in [0.3, 0.4) is 0 Å². The third-order valence-corrected chi connectivity index (χ3v) is 6.15. The van der Waals surface area contributed by atoms with Crippen LogP contribution in [0, 0.1) is 0 Å². The molecule has 0 aliphatic rings. The summed E-state index contributed by atoms with van der Waals surface area (Å²) in [5.41, 5.74) is 0. The molecule has 0 radical (unpaired) electrons. The second kappa shape index (κ2) is 11.8. The average molecular weight is 347 g/mol. The van der Waals surface area contributed by atoms with Gasteiger partial charge in [-0.2, -0.15) is 0 Å². The Balaban J connectivity index is 4.08. The first-order valence-corrected chi connectivity index (χ1v) is 10.4. The van der Waals surface area contributed by atoms with Crippen molar-refractivity contribution in [2.45, 2.75) is 39.4 Å². The fourth-order valence-electron chi connectivity index (χ4n) is 0.952. The van der Waals surface area contributed by atoms with Crippen molar-refractivity contribution in [3.8, 4) is 0 Å². The third-order valence-electron chi connectivity index (χ3n) is 2.13. The van der Waals surface area contributed by atoms with Crippen LogP contribution in [-0.2, 0) is 32.2 Å². The molecule has 4 atom stereocenters. The summed E-state index contributed by atoms with van der Waals surface area (Å²) in [7, 11) is -6.05. The third kappa shape index (κ3) is 9.15. The van der Waals surface area contributed by atoms with Gasteiger partial charge in [0.15, 0.2) is 0 Å². The van der Waals surface area contributed by atoms with Crippen molar-refractivity contribution in [3.05, 3.63) is 0 Å². The lowest BCUT2D eigenvalue weighted by Crippen LogP contribution is -2.05. The maximum absolute atomic E-state index is 11.6. The lowest BCUT2D eigenvalue weighted by molar-refractivity contribution is 0.175. The minimum Gasteiger partial charge on any atom is -0.338 e. The number of hydrogen-bond acceptors (Lipinski definition) is 7. The molecule has 0 rings (SSSR count). The molecule has 116 valence electrons. The molecule has 0 aliphatic heterocycles. The molecule has 0 aromatic heterocycles. The van der Waals surface area contributed by atoms with Crippen molar-refractivity contribution in [1.82, 2.24) is 0 Å². The first-order valence-electron chi connectivity index (χ1n) is 6.26. The smallest absolute Gasteiger partial charge is 0.338 e. The van der Waals surface area contributed by atoms with Gasteiger partial charge in [0.25, 0.3) is 0 Å². The Labute approximate surface area is 122 Å². The largest absolute Gasteiger partial charge is 0.706 e. The minimum absolute atomic E-state index is 0.0460. The van der Waals surface area contributed by atoms with Crippen LogP contribution < -0.4 is 0 Å². The Morgan fingerprint density at radius 2 is 1.15 bits per heavy atom. The van der Waals surface area contributed by atoms with Gasteiger partial charge < -0.3 is 9.47 Å². The molecule has 0 N–H and O–H groups in total. The van der Waals surface area contributed by atoms with Crippen LogP contribution in [0.2, 0.25) is 0 Å². The Bertz CT molecular complexity index is 307. The molecular weight excluding hydrogens is 325 g/mol. The molecule has 0 amide bonds. The zero-order chi connectivity index (χ0) is 15.5. The summed E-state index contributed by atoms with van der Waals surface area (Å²) >= 11 is 0. The number of hydrogen-bond donors (Lipinski definition) is 0. The van der Waals surface area contributed by atoms with E-state index in [2.05, 4.69) is 0 Å². The summed E-state index contributed by atoms with van der Waals surface area (Å²) in [6.07, 6.45) is 0.0919. The Kier molecular flexibility index (Phi) is 11.8. The van der Waals surface area contributed by atoms with E-state index in [-0.39, 0.29) is 12.7 Å². The predicted octanol–water partition coefficient (Wildman–Crippen LogP) is 4.01. The summed E-state index contributed by atoms with van der Waals surface area (Å²) in [4.78, 5) is 0. The van der Waals surface area contributed by atoms with Gasteiger partial charge in [-0.1, -0.05) is 18.2 Å². The van der Waals surface area contributed by atoms with Crippen molar-refractivity contribution in [3.63, 3.8) is 0 Å². The molecule has 0 aromatic rings. The first kappa shape index (κ1) is 20.1.